The van der Waals surface area contributed by atoms with E-state index in [4.69, 9.17) is 0 Å². The van der Waals surface area contributed by atoms with E-state index in [0.29, 0.717) is 18.4 Å². The molecule has 0 atom stereocenters. The zero-order valence-corrected chi connectivity index (χ0v) is 15.5. The standard InChI is InChI=1S/C20H30N2O2/c1-16-5-7-17(8-6-16)18(23)9-10-19(24)22-13-11-21(12-14-22)15-20(2,3)4/h5-8H,9-15H2,1-4H3. The number of carbonyl (C=O) groups is 2. The summed E-state index contributed by atoms with van der Waals surface area (Å²) in [7, 11) is 0. The van der Waals surface area contributed by atoms with E-state index in [1.54, 1.807) is 0 Å². The Balaban J connectivity index is 1.75. The van der Waals surface area contributed by atoms with Gasteiger partial charge in [-0.15, -0.1) is 0 Å². The van der Waals surface area contributed by atoms with Crippen molar-refractivity contribution in [2.45, 2.75) is 40.5 Å². The van der Waals surface area contributed by atoms with Gasteiger partial charge in [0.15, 0.2) is 5.78 Å². The minimum Gasteiger partial charge on any atom is -0.340 e. The smallest absolute Gasteiger partial charge is 0.223 e. The lowest BCUT2D eigenvalue weighted by Crippen LogP contribution is -2.50. The highest BCUT2D eigenvalue weighted by atomic mass is 16.2. The molecule has 1 amide bonds. The average Bonchev–Trinajstić information content (AvgIpc) is 2.52. The van der Waals surface area contributed by atoms with Crippen LogP contribution in [0.25, 0.3) is 0 Å². The van der Waals surface area contributed by atoms with Gasteiger partial charge in [-0.3, -0.25) is 14.5 Å². The van der Waals surface area contributed by atoms with Crippen molar-refractivity contribution in [3.8, 4) is 0 Å². The van der Waals surface area contributed by atoms with Gasteiger partial charge in [-0.05, 0) is 12.3 Å². The number of carbonyl (C=O) groups excluding carboxylic acids is 2. The van der Waals surface area contributed by atoms with Crippen molar-refractivity contribution in [2.24, 2.45) is 5.41 Å². The summed E-state index contributed by atoms with van der Waals surface area (Å²) in [5, 5.41) is 0. The Morgan fingerprint density at radius 2 is 1.54 bits per heavy atom. The number of benzene rings is 1. The Hall–Kier alpha value is -1.68. The maximum atomic E-state index is 12.3. The zero-order valence-electron chi connectivity index (χ0n) is 15.5. The van der Waals surface area contributed by atoms with Crippen LogP contribution in [0.3, 0.4) is 0 Å². The summed E-state index contributed by atoms with van der Waals surface area (Å²) in [5.41, 5.74) is 2.12. The van der Waals surface area contributed by atoms with Crippen LogP contribution in [0.5, 0.6) is 0 Å². The van der Waals surface area contributed by atoms with Crippen molar-refractivity contribution in [3.63, 3.8) is 0 Å². The van der Waals surface area contributed by atoms with Gasteiger partial charge in [0.1, 0.15) is 0 Å². The molecule has 1 aromatic rings. The molecule has 4 heteroatoms. The zero-order chi connectivity index (χ0) is 17.7. The number of aryl methyl sites for hydroxylation is 1. The third kappa shape index (κ3) is 5.75. The molecule has 1 aliphatic heterocycles. The maximum Gasteiger partial charge on any atom is 0.223 e. The second kappa shape index (κ2) is 7.93. The van der Waals surface area contributed by atoms with Crippen LogP contribution in [0.15, 0.2) is 24.3 Å². The molecule has 0 radical (unpaired) electrons. The van der Waals surface area contributed by atoms with Crippen LogP contribution in [0.4, 0.5) is 0 Å². The van der Waals surface area contributed by atoms with Gasteiger partial charge in [0.05, 0.1) is 0 Å². The molecular formula is C20H30N2O2. The van der Waals surface area contributed by atoms with Gasteiger partial charge in [0, 0.05) is 51.1 Å². The van der Waals surface area contributed by atoms with E-state index in [0.717, 1.165) is 38.3 Å². The normalized spacial score (nSPS) is 16.2. The van der Waals surface area contributed by atoms with Crippen molar-refractivity contribution in [3.05, 3.63) is 35.4 Å². The van der Waals surface area contributed by atoms with Gasteiger partial charge < -0.3 is 4.90 Å². The number of Topliss-reactive ketones (excluding diaryl/α,β-unsaturated/α-hetero) is 1. The number of ketones is 1. The fraction of sp³-hybridized carbons (Fsp3) is 0.600. The number of hydrogen-bond donors (Lipinski definition) is 0. The van der Waals surface area contributed by atoms with Crippen LogP contribution in [-0.2, 0) is 4.79 Å². The first-order valence-corrected chi connectivity index (χ1v) is 8.85. The van der Waals surface area contributed by atoms with Crippen LogP contribution < -0.4 is 0 Å². The van der Waals surface area contributed by atoms with Gasteiger partial charge in [-0.2, -0.15) is 0 Å². The van der Waals surface area contributed by atoms with E-state index in [1.807, 2.05) is 36.1 Å². The lowest BCUT2D eigenvalue weighted by atomic mass is 9.96. The van der Waals surface area contributed by atoms with E-state index in [9.17, 15) is 9.59 Å². The highest BCUT2D eigenvalue weighted by Gasteiger charge is 2.24. The fourth-order valence-corrected chi connectivity index (χ4v) is 3.09. The summed E-state index contributed by atoms with van der Waals surface area (Å²) < 4.78 is 0. The quantitative estimate of drug-likeness (QED) is 0.779. The Bertz CT molecular complexity index is 564. The van der Waals surface area contributed by atoms with Crippen LogP contribution in [0.2, 0.25) is 0 Å². The number of amides is 1. The molecule has 1 heterocycles. The number of rotatable bonds is 5. The summed E-state index contributed by atoms with van der Waals surface area (Å²) in [4.78, 5) is 28.8. The van der Waals surface area contributed by atoms with Crippen molar-refractivity contribution >= 4 is 11.7 Å². The van der Waals surface area contributed by atoms with Gasteiger partial charge >= 0.3 is 0 Å². The molecule has 24 heavy (non-hydrogen) atoms. The average molecular weight is 330 g/mol. The molecule has 0 saturated carbocycles. The molecule has 1 fully saturated rings. The monoisotopic (exact) mass is 330 g/mol. The molecule has 0 spiro atoms. The summed E-state index contributed by atoms with van der Waals surface area (Å²) in [6, 6.07) is 7.55. The second-order valence-corrected chi connectivity index (χ2v) is 8.01. The molecular weight excluding hydrogens is 300 g/mol. The molecule has 1 aliphatic rings. The van der Waals surface area contributed by atoms with Crippen molar-refractivity contribution in [2.75, 3.05) is 32.7 Å². The van der Waals surface area contributed by atoms with E-state index >= 15 is 0 Å². The molecule has 0 aromatic heterocycles. The van der Waals surface area contributed by atoms with Crippen LogP contribution in [0, 0.1) is 12.3 Å². The summed E-state index contributed by atoms with van der Waals surface area (Å²) >= 11 is 0. The molecule has 4 nitrogen and oxygen atoms in total. The minimum atomic E-state index is 0.0507. The fourth-order valence-electron chi connectivity index (χ4n) is 3.09. The molecule has 0 N–H and O–H groups in total. The topological polar surface area (TPSA) is 40.6 Å². The summed E-state index contributed by atoms with van der Waals surface area (Å²) in [6.45, 7) is 13.2. The number of piperazine rings is 1. The van der Waals surface area contributed by atoms with E-state index in [1.165, 1.54) is 0 Å². The van der Waals surface area contributed by atoms with Crippen LogP contribution in [-0.4, -0.2) is 54.2 Å². The lowest BCUT2D eigenvalue weighted by molar-refractivity contribution is -0.133. The Kier molecular flexibility index (Phi) is 6.16. The first kappa shape index (κ1) is 18.7. The predicted molar refractivity (Wildman–Crippen MR) is 97.2 cm³/mol. The first-order chi connectivity index (χ1) is 11.2. The Morgan fingerprint density at radius 3 is 2.08 bits per heavy atom. The molecule has 2 rings (SSSR count). The van der Waals surface area contributed by atoms with Gasteiger partial charge in [-0.25, -0.2) is 0 Å². The molecule has 0 bridgehead atoms. The van der Waals surface area contributed by atoms with Crippen molar-refractivity contribution < 1.29 is 9.59 Å². The second-order valence-electron chi connectivity index (χ2n) is 8.01. The molecule has 1 saturated heterocycles. The first-order valence-electron chi connectivity index (χ1n) is 8.85. The minimum absolute atomic E-state index is 0.0507. The predicted octanol–water partition coefficient (Wildman–Crippen LogP) is 3.15. The molecule has 0 aliphatic carbocycles. The van der Waals surface area contributed by atoms with Crippen molar-refractivity contribution in [1.29, 1.82) is 0 Å². The summed E-state index contributed by atoms with van der Waals surface area (Å²) in [5.74, 6) is 0.153. The Morgan fingerprint density at radius 1 is 0.958 bits per heavy atom. The highest BCUT2D eigenvalue weighted by molar-refractivity contribution is 5.97. The number of nitrogens with zero attached hydrogens (tertiary/aromatic N) is 2. The van der Waals surface area contributed by atoms with Gasteiger partial charge in [0.2, 0.25) is 5.91 Å². The third-order valence-corrected chi connectivity index (χ3v) is 4.36. The largest absolute Gasteiger partial charge is 0.340 e. The van der Waals surface area contributed by atoms with Crippen LogP contribution >= 0.6 is 0 Å². The maximum absolute atomic E-state index is 12.3. The van der Waals surface area contributed by atoms with Crippen LogP contribution in [0.1, 0.15) is 49.5 Å². The van der Waals surface area contributed by atoms with E-state index < -0.39 is 0 Å². The van der Waals surface area contributed by atoms with Crippen molar-refractivity contribution in [1.82, 2.24) is 9.80 Å². The third-order valence-electron chi connectivity index (χ3n) is 4.36. The van der Waals surface area contributed by atoms with Gasteiger partial charge in [-0.1, -0.05) is 50.6 Å². The van der Waals surface area contributed by atoms with Gasteiger partial charge in [0.25, 0.3) is 0 Å². The lowest BCUT2D eigenvalue weighted by Gasteiger charge is -2.37. The number of hydrogen-bond acceptors (Lipinski definition) is 3. The Labute approximate surface area is 145 Å². The molecule has 0 unspecified atom stereocenters. The molecule has 132 valence electrons. The highest BCUT2D eigenvalue weighted by Crippen LogP contribution is 2.17. The molecule has 1 aromatic carbocycles. The summed E-state index contributed by atoms with van der Waals surface area (Å²) in [6.07, 6.45) is 0.607. The van der Waals surface area contributed by atoms with E-state index in [-0.39, 0.29) is 17.1 Å². The SMILES string of the molecule is Cc1ccc(C(=O)CCC(=O)N2CCN(CC(C)(C)C)CC2)cc1. The van der Waals surface area contributed by atoms with E-state index in [2.05, 4.69) is 25.7 Å².